The average Bonchev–Trinajstić information content (AvgIpc) is 3.10. The summed E-state index contributed by atoms with van der Waals surface area (Å²) in [5, 5.41) is 2.95. The average molecular weight is 433 g/mol. The van der Waals surface area contributed by atoms with Gasteiger partial charge in [-0.3, -0.25) is 4.79 Å². The number of aromatic amines is 1. The van der Waals surface area contributed by atoms with Crippen LogP contribution in [0.3, 0.4) is 0 Å². The van der Waals surface area contributed by atoms with E-state index in [4.69, 9.17) is 16.6 Å². The van der Waals surface area contributed by atoms with Gasteiger partial charge >= 0.3 is 0 Å². The van der Waals surface area contributed by atoms with E-state index >= 15 is 0 Å². The zero-order chi connectivity index (χ0) is 21.4. The van der Waals surface area contributed by atoms with Crippen LogP contribution in [0, 0.1) is 4.84 Å². The molecule has 1 aromatic heterocycles. The maximum atomic E-state index is 12.1. The number of oxazole rings is 1. The highest BCUT2D eigenvalue weighted by molar-refractivity contribution is 7.71. The van der Waals surface area contributed by atoms with Gasteiger partial charge in [0.15, 0.2) is 5.58 Å². The van der Waals surface area contributed by atoms with E-state index in [2.05, 4.69) is 17.2 Å². The second-order valence-electron chi connectivity index (χ2n) is 8.47. The number of rotatable bonds is 17. The Kier molecular flexibility index (Phi) is 12.5. The number of unbranched alkanes of at least 4 members (excludes halogenated alkanes) is 14. The molecule has 0 spiro atoms. The molecular formula is C25H40N2O2S. The Morgan fingerprint density at radius 3 is 1.97 bits per heavy atom. The topological polar surface area (TPSA) is 58.0 Å². The second kappa shape index (κ2) is 15.2. The largest absolute Gasteiger partial charge is 0.429 e. The number of carbonyl (C=O) groups excluding carboxylic acids is 1. The van der Waals surface area contributed by atoms with Crippen LogP contribution in [0.15, 0.2) is 22.6 Å². The van der Waals surface area contributed by atoms with Crippen LogP contribution in [-0.2, 0) is 4.79 Å². The molecule has 2 aromatic rings. The fourth-order valence-electron chi connectivity index (χ4n) is 3.90. The lowest BCUT2D eigenvalue weighted by atomic mass is 10.0. The number of H-pyrrole nitrogens is 1. The quantitative estimate of drug-likeness (QED) is 0.194. The van der Waals surface area contributed by atoms with Crippen molar-refractivity contribution in [3.05, 3.63) is 23.0 Å². The van der Waals surface area contributed by atoms with E-state index in [1.807, 2.05) is 18.2 Å². The molecule has 2 rings (SSSR count). The smallest absolute Gasteiger partial charge is 0.266 e. The Balaban J connectivity index is 1.39. The van der Waals surface area contributed by atoms with Crippen molar-refractivity contribution in [1.82, 2.24) is 4.98 Å². The fourth-order valence-corrected chi connectivity index (χ4v) is 4.10. The van der Waals surface area contributed by atoms with Gasteiger partial charge in [0.25, 0.3) is 4.84 Å². The second-order valence-corrected chi connectivity index (χ2v) is 8.84. The first-order valence-electron chi connectivity index (χ1n) is 12.1. The van der Waals surface area contributed by atoms with Gasteiger partial charge in [-0.05, 0) is 30.8 Å². The van der Waals surface area contributed by atoms with E-state index in [-0.39, 0.29) is 5.91 Å². The van der Waals surface area contributed by atoms with E-state index < -0.39 is 0 Å². The fraction of sp³-hybridized carbons (Fsp3) is 0.680. The third-order valence-corrected chi connectivity index (χ3v) is 5.90. The van der Waals surface area contributed by atoms with Crippen LogP contribution in [-0.4, -0.2) is 10.9 Å². The maximum Gasteiger partial charge on any atom is 0.266 e. The minimum absolute atomic E-state index is 0.0678. The van der Waals surface area contributed by atoms with Crippen LogP contribution < -0.4 is 5.32 Å². The van der Waals surface area contributed by atoms with Crippen LogP contribution >= 0.6 is 12.2 Å². The van der Waals surface area contributed by atoms with Crippen LogP contribution in [0.5, 0.6) is 0 Å². The van der Waals surface area contributed by atoms with Gasteiger partial charge < -0.3 is 14.7 Å². The van der Waals surface area contributed by atoms with Crippen LogP contribution in [0.1, 0.15) is 110 Å². The number of hydrogen-bond acceptors (Lipinski definition) is 3. The minimum Gasteiger partial charge on any atom is -0.429 e. The molecule has 0 aliphatic carbocycles. The van der Waals surface area contributed by atoms with Gasteiger partial charge in [0.2, 0.25) is 5.91 Å². The molecule has 1 aromatic carbocycles. The summed E-state index contributed by atoms with van der Waals surface area (Å²) in [6, 6.07) is 5.55. The summed E-state index contributed by atoms with van der Waals surface area (Å²) >= 11 is 4.98. The van der Waals surface area contributed by atoms with Gasteiger partial charge in [-0.1, -0.05) is 96.8 Å². The van der Waals surface area contributed by atoms with Crippen LogP contribution in [0.2, 0.25) is 0 Å². The van der Waals surface area contributed by atoms with E-state index in [1.54, 1.807) is 0 Å². The number of anilines is 1. The Morgan fingerprint density at radius 1 is 0.867 bits per heavy atom. The van der Waals surface area contributed by atoms with Crippen molar-refractivity contribution in [2.24, 2.45) is 0 Å². The number of nitrogens with one attached hydrogen (secondary N) is 2. The predicted molar refractivity (Wildman–Crippen MR) is 130 cm³/mol. The molecule has 0 atom stereocenters. The predicted octanol–water partition coefficient (Wildman–Crippen LogP) is 8.69. The Morgan fingerprint density at radius 2 is 1.40 bits per heavy atom. The molecule has 30 heavy (non-hydrogen) atoms. The molecule has 168 valence electrons. The summed E-state index contributed by atoms with van der Waals surface area (Å²) < 4.78 is 5.39. The molecule has 2 N–H and O–H groups in total. The van der Waals surface area contributed by atoms with Crippen LogP contribution in [0.25, 0.3) is 11.1 Å². The molecule has 0 aliphatic rings. The third-order valence-electron chi connectivity index (χ3n) is 5.71. The minimum atomic E-state index is 0.0678. The van der Waals surface area contributed by atoms with Crippen molar-refractivity contribution in [3.8, 4) is 0 Å². The molecular weight excluding hydrogens is 392 g/mol. The van der Waals surface area contributed by atoms with E-state index in [9.17, 15) is 4.79 Å². The van der Waals surface area contributed by atoms with Crippen molar-refractivity contribution < 1.29 is 9.21 Å². The lowest BCUT2D eigenvalue weighted by Gasteiger charge is -2.05. The monoisotopic (exact) mass is 432 g/mol. The van der Waals surface area contributed by atoms with E-state index in [0.29, 0.717) is 16.8 Å². The Hall–Kier alpha value is -1.62. The lowest BCUT2D eigenvalue weighted by Crippen LogP contribution is -2.10. The van der Waals surface area contributed by atoms with Crippen molar-refractivity contribution in [1.29, 1.82) is 0 Å². The van der Waals surface area contributed by atoms with Gasteiger partial charge in [-0.2, -0.15) is 0 Å². The normalized spacial score (nSPS) is 11.2. The van der Waals surface area contributed by atoms with Crippen molar-refractivity contribution in [2.45, 2.75) is 110 Å². The molecule has 0 unspecified atom stereocenters. The summed E-state index contributed by atoms with van der Waals surface area (Å²) in [5.41, 5.74) is 2.27. The van der Waals surface area contributed by atoms with Gasteiger partial charge in [0, 0.05) is 18.2 Å². The molecule has 0 saturated heterocycles. The number of hydrogen-bond donors (Lipinski definition) is 2. The third kappa shape index (κ3) is 10.4. The summed E-state index contributed by atoms with van der Waals surface area (Å²) in [6.45, 7) is 2.28. The van der Waals surface area contributed by atoms with Crippen LogP contribution in [0.4, 0.5) is 5.69 Å². The zero-order valence-corrected chi connectivity index (χ0v) is 19.6. The number of aromatic nitrogens is 1. The molecule has 0 radical (unpaired) electrons. The molecule has 0 aliphatic heterocycles. The first-order valence-corrected chi connectivity index (χ1v) is 12.5. The Bertz CT molecular complexity index is 781. The number of benzene rings is 1. The van der Waals surface area contributed by atoms with Gasteiger partial charge in [-0.25, -0.2) is 0 Å². The number of amides is 1. The summed E-state index contributed by atoms with van der Waals surface area (Å²) in [5.74, 6) is 0.0678. The Labute approximate surface area is 187 Å². The molecule has 1 heterocycles. The first-order chi connectivity index (χ1) is 14.7. The molecule has 0 saturated carbocycles. The summed E-state index contributed by atoms with van der Waals surface area (Å²) in [6.07, 6.45) is 20.6. The van der Waals surface area contributed by atoms with Crippen molar-refractivity contribution in [2.75, 3.05) is 5.32 Å². The molecule has 5 heteroatoms. The highest BCUT2D eigenvalue weighted by Gasteiger charge is 2.05. The maximum absolute atomic E-state index is 12.1. The standard InChI is InChI=1S/C25H40N2O2S/c1-2-3-4-5-6-7-8-9-10-11-12-13-14-15-16-17-24(28)26-21-18-19-22-23(20-21)29-25(30)27-22/h18-20H,2-17H2,1H3,(H,26,28)(H,27,30). The van der Waals surface area contributed by atoms with E-state index in [0.717, 1.165) is 24.0 Å². The molecule has 1 amide bonds. The zero-order valence-electron chi connectivity index (χ0n) is 18.8. The first kappa shape index (κ1) is 24.6. The number of fused-ring (bicyclic) bond motifs is 1. The van der Waals surface area contributed by atoms with Crippen molar-refractivity contribution >= 4 is 34.9 Å². The molecule has 4 nitrogen and oxygen atoms in total. The molecule has 0 bridgehead atoms. The van der Waals surface area contributed by atoms with Gasteiger partial charge in [0.1, 0.15) is 0 Å². The highest BCUT2D eigenvalue weighted by Crippen LogP contribution is 2.19. The molecule has 0 fully saturated rings. The van der Waals surface area contributed by atoms with Gasteiger partial charge in [0.05, 0.1) is 5.52 Å². The SMILES string of the molecule is CCCCCCCCCCCCCCCCCC(=O)Nc1ccc2[nH]c(=S)oc2c1. The lowest BCUT2D eigenvalue weighted by molar-refractivity contribution is -0.116. The number of carbonyl (C=O) groups is 1. The summed E-state index contributed by atoms with van der Waals surface area (Å²) in [7, 11) is 0. The van der Waals surface area contributed by atoms with E-state index in [1.165, 1.54) is 83.5 Å². The van der Waals surface area contributed by atoms with Crippen molar-refractivity contribution in [3.63, 3.8) is 0 Å². The highest BCUT2D eigenvalue weighted by atomic mass is 32.1. The van der Waals surface area contributed by atoms with Gasteiger partial charge in [-0.15, -0.1) is 0 Å². The summed E-state index contributed by atoms with van der Waals surface area (Å²) in [4.78, 5) is 15.4.